The summed E-state index contributed by atoms with van der Waals surface area (Å²) in [7, 11) is 0. The molecule has 1 aromatic heterocycles. The third-order valence-corrected chi connectivity index (χ3v) is 3.75. The molecule has 0 amide bonds. The van der Waals surface area contributed by atoms with Crippen LogP contribution in [0.15, 0.2) is 36.5 Å². The Bertz CT molecular complexity index is 509. The number of nitrogens with zero attached hydrogens (tertiary/aromatic N) is 1. The molecular formula is C16H23N3O. The molecule has 4 nitrogen and oxygen atoms in total. The molecule has 108 valence electrons. The van der Waals surface area contributed by atoms with Gasteiger partial charge in [-0.25, -0.2) is 0 Å². The zero-order valence-corrected chi connectivity index (χ0v) is 12.1. The van der Waals surface area contributed by atoms with Crippen LogP contribution in [0.2, 0.25) is 0 Å². The zero-order chi connectivity index (χ0) is 14.4. The molecule has 20 heavy (non-hydrogen) atoms. The van der Waals surface area contributed by atoms with Crippen LogP contribution in [0.1, 0.15) is 25.8 Å². The van der Waals surface area contributed by atoms with Gasteiger partial charge in [-0.1, -0.05) is 50.6 Å². The average Bonchev–Trinajstić information content (AvgIpc) is 2.95. The van der Waals surface area contributed by atoms with E-state index in [1.165, 1.54) is 0 Å². The largest absolute Gasteiger partial charge is 0.392 e. The van der Waals surface area contributed by atoms with Crippen LogP contribution in [-0.4, -0.2) is 28.0 Å². The SMILES string of the molecule is CCC(C)C(O)CNCc1cn[nH]c1-c1ccccc1. The summed E-state index contributed by atoms with van der Waals surface area (Å²) in [6.07, 6.45) is 2.53. The van der Waals surface area contributed by atoms with Crippen LogP contribution < -0.4 is 5.32 Å². The summed E-state index contributed by atoms with van der Waals surface area (Å²) in [5, 5.41) is 20.4. The van der Waals surface area contributed by atoms with Crippen molar-refractivity contribution in [1.82, 2.24) is 15.5 Å². The number of aliphatic hydroxyl groups is 1. The number of hydrogen-bond donors (Lipinski definition) is 3. The number of aromatic amines is 1. The molecule has 2 atom stereocenters. The number of aliphatic hydroxyl groups excluding tert-OH is 1. The normalized spacial score (nSPS) is 14.2. The van der Waals surface area contributed by atoms with Gasteiger partial charge < -0.3 is 10.4 Å². The van der Waals surface area contributed by atoms with Gasteiger partial charge in [0.2, 0.25) is 0 Å². The van der Waals surface area contributed by atoms with E-state index in [4.69, 9.17) is 0 Å². The highest BCUT2D eigenvalue weighted by Crippen LogP contribution is 2.20. The molecule has 0 fully saturated rings. The van der Waals surface area contributed by atoms with E-state index in [0.717, 1.165) is 23.2 Å². The second-order valence-electron chi connectivity index (χ2n) is 5.22. The van der Waals surface area contributed by atoms with Crippen molar-refractivity contribution >= 4 is 0 Å². The molecule has 1 heterocycles. The lowest BCUT2D eigenvalue weighted by Gasteiger charge is -2.17. The van der Waals surface area contributed by atoms with Gasteiger partial charge in [0.1, 0.15) is 0 Å². The van der Waals surface area contributed by atoms with E-state index in [1.54, 1.807) is 0 Å². The number of aromatic nitrogens is 2. The minimum absolute atomic E-state index is 0.299. The zero-order valence-electron chi connectivity index (χ0n) is 12.1. The van der Waals surface area contributed by atoms with Gasteiger partial charge in [0, 0.05) is 18.7 Å². The molecular weight excluding hydrogens is 250 g/mol. The maximum absolute atomic E-state index is 9.95. The molecule has 2 rings (SSSR count). The van der Waals surface area contributed by atoms with Gasteiger partial charge in [0.25, 0.3) is 0 Å². The second kappa shape index (κ2) is 7.22. The van der Waals surface area contributed by atoms with Crippen molar-refractivity contribution in [2.45, 2.75) is 32.9 Å². The van der Waals surface area contributed by atoms with Crippen molar-refractivity contribution in [3.63, 3.8) is 0 Å². The van der Waals surface area contributed by atoms with Crippen LogP contribution in [-0.2, 0) is 6.54 Å². The minimum atomic E-state index is -0.299. The van der Waals surface area contributed by atoms with E-state index in [2.05, 4.69) is 41.5 Å². The fourth-order valence-corrected chi connectivity index (χ4v) is 2.13. The number of hydrogen-bond acceptors (Lipinski definition) is 3. The molecule has 0 saturated heterocycles. The fraction of sp³-hybridized carbons (Fsp3) is 0.438. The summed E-state index contributed by atoms with van der Waals surface area (Å²) in [6, 6.07) is 10.1. The van der Waals surface area contributed by atoms with Gasteiger partial charge in [-0.15, -0.1) is 0 Å². The third kappa shape index (κ3) is 3.68. The predicted molar refractivity (Wildman–Crippen MR) is 81.2 cm³/mol. The lowest BCUT2D eigenvalue weighted by atomic mass is 10.0. The van der Waals surface area contributed by atoms with Gasteiger partial charge >= 0.3 is 0 Å². The van der Waals surface area contributed by atoms with E-state index in [-0.39, 0.29) is 6.10 Å². The highest BCUT2D eigenvalue weighted by molar-refractivity contribution is 5.62. The molecule has 0 spiro atoms. The Hall–Kier alpha value is -1.65. The molecule has 4 heteroatoms. The summed E-state index contributed by atoms with van der Waals surface area (Å²) in [4.78, 5) is 0. The molecule has 0 radical (unpaired) electrons. The Morgan fingerprint density at radius 2 is 2.05 bits per heavy atom. The molecule has 3 N–H and O–H groups in total. The number of benzene rings is 1. The van der Waals surface area contributed by atoms with Gasteiger partial charge in [-0.3, -0.25) is 5.10 Å². The van der Waals surface area contributed by atoms with E-state index in [1.807, 2.05) is 24.4 Å². The van der Waals surface area contributed by atoms with Crippen LogP contribution in [0, 0.1) is 5.92 Å². The number of nitrogens with one attached hydrogen (secondary N) is 2. The lowest BCUT2D eigenvalue weighted by Crippen LogP contribution is -2.31. The molecule has 1 aromatic carbocycles. The van der Waals surface area contributed by atoms with Gasteiger partial charge in [0.05, 0.1) is 18.0 Å². The smallest absolute Gasteiger partial charge is 0.0695 e. The Labute approximate surface area is 120 Å². The van der Waals surface area contributed by atoms with E-state index in [0.29, 0.717) is 19.0 Å². The summed E-state index contributed by atoms with van der Waals surface area (Å²) >= 11 is 0. The Kier molecular flexibility index (Phi) is 5.32. The van der Waals surface area contributed by atoms with E-state index < -0.39 is 0 Å². The summed E-state index contributed by atoms with van der Waals surface area (Å²) in [5.74, 6) is 0.320. The second-order valence-corrected chi connectivity index (χ2v) is 5.22. The van der Waals surface area contributed by atoms with E-state index >= 15 is 0 Å². The predicted octanol–water partition coefficient (Wildman–Crippen LogP) is 2.57. The summed E-state index contributed by atoms with van der Waals surface area (Å²) < 4.78 is 0. The Morgan fingerprint density at radius 3 is 2.75 bits per heavy atom. The van der Waals surface area contributed by atoms with Crippen LogP contribution in [0.4, 0.5) is 0 Å². The van der Waals surface area contributed by atoms with Crippen molar-refractivity contribution in [3.05, 3.63) is 42.1 Å². The topological polar surface area (TPSA) is 60.9 Å². The molecule has 2 aromatic rings. The first-order chi connectivity index (χ1) is 9.72. The maximum Gasteiger partial charge on any atom is 0.0695 e. The molecule has 0 aliphatic rings. The van der Waals surface area contributed by atoms with Crippen LogP contribution in [0.25, 0.3) is 11.3 Å². The van der Waals surface area contributed by atoms with Gasteiger partial charge in [-0.05, 0) is 11.5 Å². The molecule has 2 unspecified atom stereocenters. The average molecular weight is 273 g/mol. The minimum Gasteiger partial charge on any atom is -0.392 e. The van der Waals surface area contributed by atoms with Crippen molar-refractivity contribution in [2.24, 2.45) is 5.92 Å². The third-order valence-electron chi connectivity index (χ3n) is 3.75. The standard InChI is InChI=1S/C16H23N3O/c1-3-12(2)15(20)11-17-9-14-10-18-19-16(14)13-7-5-4-6-8-13/h4-8,10,12,15,17,20H,3,9,11H2,1-2H3,(H,18,19). The first-order valence-corrected chi connectivity index (χ1v) is 7.18. The summed E-state index contributed by atoms with van der Waals surface area (Å²) in [6.45, 7) is 5.47. The molecule has 0 saturated carbocycles. The Balaban J connectivity index is 1.93. The van der Waals surface area contributed by atoms with Crippen LogP contribution in [0.5, 0.6) is 0 Å². The van der Waals surface area contributed by atoms with Crippen LogP contribution >= 0.6 is 0 Å². The molecule has 0 bridgehead atoms. The fourth-order valence-electron chi connectivity index (χ4n) is 2.13. The molecule has 0 aliphatic carbocycles. The van der Waals surface area contributed by atoms with Crippen molar-refractivity contribution in [3.8, 4) is 11.3 Å². The van der Waals surface area contributed by atoms with Crippen LogP contribution in [0.3, 0.4) is 0 Å². The Morgan fingerprint density at radius 1 is 1.30 bits per heavy atom. The maximum atomic E-state index is 9.95. The van der Waals surface area contributed by atoms with Crippen molar-refractivity contribution < 1.29 is 5.11 Å². The summed E-state index contributed by atoms with van der Waals surface area (Å²) in [5.41, 5.74) is 3.29. The molecule has 0 aliphatic heterocycles. The monoisotopic (exact) mass is 273 g/mol. The van der Waals surface area contributed by atoms with E-state index in [9.17, 15) is 5.11 Å². The number of H-pyrrole nitrogens is 1. The van der Waals surface area contributed by atoms with Gasteiger partial charge in [-0.2, -0.15) is 5.10 Å². The highest BCUT2D eigenvalue weighted by Gasteiger charge is 2.12. The first-order valence-electron chi connectivity index (χ1n) is 7.18. The highest BCUT2D eigenvalue weighted by atomic mass is 16.3. The lowest BCUT2D eigenvalue weighted by molar-refractivity contribution is 0.113. The quantitative estimate of drug-likeness (QED) is 0.726. The number of rotatable bonds is 7. The van der Waals surface area contributed by atoms with Crippen molar-refractivity contribution in [2.75, 3.05) is 6.54 Å². The first kappa shape index (κ1) is 14.8. The van der Waals surface area contributed by atoms with Crippen molar-refractivity contribution in [1.29, 1.82) is 0 Å². The van der Waals surface area contributed by atoms with Gasteiger partial charge in [0.15, 0.2) is 0 Å².